The zero-order valence-corrected chi connectivity index (χ0v) is 13.9. The number of ether oxygens (including phenoxy) is 2. The van der Waals surface area contributed by atoms with Gasteiger partial charge in [-0.1, -0.05) is 24.2 Å². The Bertz CT molecular complexity index is 1080. The number of fused-ring (bicyclic) bond motifs is 5. The van der Waals surface area contributed by atoms with E-state index in [0.717, 1.165) is 27.6 Å². The number of hydrogen-bond donors (Lipinski definition) is 0. The van der Waals surface area contributed by atoms with Crippen LogP contribution in [0.3, 0.4) is 0 Å². The van der Waals surface area contributed by atoms with Gasteiger partial charge in [0.1, 0.15) is 5.76 Å². The van der Waals surface area contributed by atoms with E-state index in [1.807, 2.05) is 12.1 Å². The molecule has 1 heterocycles. The molecule has 3 aromatic rings. The fourth-order valence-electron chi connectivity index (χ4n) is 3.16. The van der Waals surface area contributed by atoms with Gasteiger partial charge in [0.2, 0.25) is 0 Å². The van der Waals surface area contributed by atoms with E-state index in [4.69, 9.17) is 25.5 Å². The van der Waals surface area contributed by atoms with Gasteiger partial charge in [-0.3, -0.25) is 0 Å². The first-order valence-corrected chi connectivity index (χ1v) is 7.65. The van der Waals surface area contributed by atoms with Crippen molar-refractivity contribution >= 4 is 27.9 Å². The van der Waals surface area contributed by atoms with Gasteiger partial charge in [0.15, 0.2) is 11.5 Å². The first-order chi connectivity index (χ1) is 11.5. The van der Waals surface area contributed by atoms with Crippen LogP contribution in [0.5, 0.6) is 11.5 Å². The molecule has 120 valence electrons. The Labute approximate surface area is 142 Å². The van der Waals surface area contributed by atoms with Crippen LogP contribution in [0.2, 0.25) is 5.02 Å². The van der Waals surface area contributed by atoms with Gasteiger partial charge in [-0.05, 0) is 35.4 Å². The maximum atomic E-state index is 12.4. The Morgan fingerprint density at radius 2 is 1.67 bits per heavy atom. The number of rotatable bonds is 2. The van der Waals surface area contributed by atoms with Crippen LogP contribution in [0.1, 0.15) is 11.1 Å². The Balaban J connectivity index is 2.11. The first-order valence-electron chi connectivity index (χ1n) is 7.27. The van der Waals surface area contributed by atoms with Crippen molar-refractivity contribution in [3.05, 3.63) is 63.5 Å². The average Bonchev–Trinajstić information content (AvgIpc) is 2.86. The van der Waals surface area contributed by atoms with E-state index >= 15 is 0 Å². The molecule has 1 aliphatic rings. The zero-order chi connectivity index (χ0) is 17.0. The van der Waals surface area contributed by atoms with E-state index in [1.54, 1.807) is 32.4 Å². The standard InChI is InChI=1S/C19H13ClO4/c1-9-12-7-15(22-2)16(23-3)8-13(12)18-17(9)11-5-4-10(20)6-14(11)19(21)24-18/h4-8H,1H2,2-3H3. The summed E-state index contributed by atoms with van der Waals surface area (Å²) in [6, 6.07) is 8.83. The minimum Gasteiger partial charge on any atom is -0.493 e. The van der Waals surface area contributed by atoms with E-state index < -0.39 is 5.63 Å². The summed E-state index contributed by atoms with van der Waals surface area (Å²) in [5.41, 5.74) is 2.76. The van der Waals surface area contributed by atoms with Crippen molar-refractivity contribution in [1.82, 2.24) is 0 Å². The second kappa shape index (κ2) is 5.14. The molecule has 4 rings (SSSR count). The van der Waals surface area contributed by atoms with Crippen LogP contribution in [-0.2, 0) is 0 Å². The van der Waals surface area contributed by atoms with Crippen LogP contribution in [0.4, 0.5) is 0 Å². The van der Waals surface area contributed by atoms with Gasteiger partial charge in [0.25, 0.3) is 0 Å². The van der Waals surface area contributed by atoms with E-state index in [1.165, 1.54) is 0 Å². The van der Waals surface area contributed by atoms with Crippen LogP contribution in [0.25, 0.3) is 27.7 Å². The normalized spacial score (nSPS) is 12.2. The van der Waals surface area contributed by atoms with Crippen LogP contribution in [0, 0.1) is 0 Å². The summed E-state index contributed by atoms with van der Waals surface area (Å²) in [5, 5.41) is 1.69. The highest BCUT2D eigenvalue weighted by molar-refractivity contribution is 6.31. The molecule has 0 N–H and O–H groups in total. The Hall–Kier alpha value is -2.72. The van der Waals surface area contributed by atoms with Crippen LogP contribution < -0.4 is 15.1 Å². The number of hydrogen-bond acceptors (Lipinski definition) is 4. The van der Waals surface area contributed by atoms with Crippen molar-refractivity contribution < 1.29 is 13.9 Å². The number of halogens is 1. The molecule has 1 aromatic heterocycles. The molecule has 0 radical (unpaired) electrons. The van der Waals surface area contributed by atoms with Crippen molar-refractivity contribution in [3.63, 3.8) is 0 Å². The van der Waals surface area contributed by atoms with Crippen molar-refractivity contribution in [1.29, 1.82) is 0 Å². The molecule has 0 spiro atoms. The molecule has 24 heavy (non-hydrogen) atoms. The fraction of sp³-hybridized carbons (Fsp3) is 0.105. The quantitative estimate of drug-likeness (QED) is 0.539. The fourth-order valence-corrected chi connectivity index (χ4v) is 3.34. The molecule has 0 atom stereocenters. The summed E-state index contributed by atoms with van der Waals surface area (Å²) in [6.07, 6.45) is 0. The number of benzene rings is 2. The highest BCUT2D eigenvalue weighted by Crippen LogP contribution is 2.49. The third-order valence-corrected chi connectivity index (χ3v) is 4.52. The van der Waals surface area contributed by atoms with Crippen LogP contribution in [-0.4, -0.2) is 14.2 Å². The van der Waals surface area contributed by atoms with Crippen molar-refractivity contribution in [2.24, 2.45) is 0 Å². The van der Waals surface area contributed by atoms with Crippen LogP contribution >= 0.6 is 11.6 Å². The molecule has 0 amide bonds. The second-order valence-corrected chi connectivity index (χ2v) is 5.95. The minimum atomic E-state index is -0.429. The molecular formula is C19H13ClO4. The molecule has 0 saturated heterocycles. The van der Waals surface area contributed by atoms with E-state index in [0.29, 0.717) is 27.7 Å². The maximum Gasteiger partial charge on any atom is 0.344 e. The lowest BCUT2D eigenvalue weighted by molar-refractivity contribution is 0.355. The van der Waals surface area contributed by atoms with Gasteiger partial charge >= 0.3 is 5.63 Å². The Morgan fingerprint density at radius 3 is 2.33 bits per heavy atom. The molecule has 2 aromatic carbocycles. The van der Waals surface area contributed by atoms with E-state index in [-0.39, 0.29) is 0 Å². The molecule has 5 heteroatoms. The highest BCUT2D eigenvalue weighted by atomic mass is 35.5. The summed E-state index contributed by atoms with van der Waals surface area (Å²) in [7, 11) is 3.14. The Morgan fingerprint density at radius 1 is 1.00 bits per heavy atom. The predicted molar refractivity (Wildman–Crippen MR) is 94.2 cm³/mol. The van der Waals surface area contributed by atoms with Gasteiger partial charge in [0.05, 0.1) is 19.6 Å². The summed E-state index contributed by atoms with van der Waals surface area (Å²) in [4.78, 5) is 12.4. The lowest BCUT2D eigenvalue weighted by Crippen LogP contribution is -2.01. The van der Waals surface area contributed by atoms with Crippen molar-refractivity contribution in [3.8, 4) is 22.8 Å². The van der Waals surface area contributed by atoms with Gasteiger partial charge in [-0.15, -0.1) is 0 Å². The van der Waals surface area contributed by atoms with E-state index in [9.17, 15) is 4.79 Å². The molecule has 1 aliphatic carbocycles. The lowest BCUT2D eigenvalue weighted by atomic mass is 10.0. The van der Waals surface area contributed by atoms with Gasteiger partial charge in [0, 0.05) is 21.5 Å². The molecular weight excluding hydrogens is 328 g/mol. The zero-order valence-electron chi connectivity index (χ0n) is 13.1. The molecule has 0 saturated carbocycles. The molecule has 0 bridgehead atoms. The second-order valence-electron chi connectivity index (χ2n) is 5.51. The summed E-state index contributed by atoms with van der Waals surface area (Å²) >= 11 is 6.01. The van der Waals surface area contributed by atoms with Crippen LogP contribution in [0.15, 0.2) is 46.1 Å². The van der Waals surface area contributed by atoms with Crippen molar-refractivity contribution in [2.45, 2.75) is 0 Å². The molecule has 0 unspecified atom stereocenters. The monoisotopic (exact) mass is 340 g/mol. The smallest absolute Gasteiger partial charge is 0.344 e. The molecule has 4 nitrogen and oxygen atoms in total. The summed E-state index contributed by atoms with van der Waals surface area (Å²) in [5.74, 6) is 1.66. The summed E-state index contributed by atoms with van der Waals surface area (Å²) in [6.45, 7) is 4.18. The SMILES string of the molecule is C=C1c2cc(OC)c(OC)cc2-c2oc(=O)c3cc(Cl)ccc3c21. The largest absolute Gasteiger partial charge is 0.493 e. The predicted octanol–water partition coefficient (Wildman–Crippen LogP) is 4.51. The third kappa shape index (κ3) is 1.90. The number of methoxy groups -OCH3 is 2. The summed E-state index contributed by atoms with van der Waals surface area (Å²) < 4.78 is 16.3. The van der Waals surface area contributed by atoms with Gasteiger partial charge in [-0.2, -0.15) is 0 Å². The third-order valence-electron chi connectivity index (χ3n) is 4.29. The van der Waals surface area contributed by atoms with E-state index in [2.05, 4.69) is 6.58 Å². The van der Waals surface area contributed by atoms with Gasteiger partial charge in [-0.25, -0.2) is 4.79 Å². The van der Waals surface area contributed by atoms with Crippen molar-refractivity contribution in [2.75, 3.05) is 14.2 Å². The maximum absolute atomic E-state index is 12.4. The first kappa shape index (κ1) is 14.8. The molecule has 0 aliphatic heterocycles. The highest BCUT2D eigenvalue weighted by Gasteiger charge is 2.30. The Kier molecular flexibility index (Phi) is 3.18. The minimum absolute atomic E-state index is 0.429. The molecule has 0 fully saturated rings. The van der Waals surface area contributed by atoms with Gasteiger partial charge < -0.3 is 13.9 Å². The lowest BCUT2D eigenvalue weighted by Gasteiger charge is -2.10. The average molecular weight is 341 g/mol. The topological polar surface area (TPSA) is 48.7 Å².